The molecular formula is C12H14Cl2N2O. The van der Waals surface area contributed by atoms with Gasteiger partial charge >= 0.3 is 0 Å². The van der Waals surface area contributed by atoms with E-state index in [2.05, 4.69) is 16.2 Å². The second-order valence-corrected chi connectivity index (χ2v) is 4.71. The van der Waals surface area contributed by atoms with Crippen LogP contribution in [0.25, 0.3) is 0 Å². The zero-order chi connectivity index (χ0) is 13.1. The molecule has 0 saturated carbocycles. The lowest BCUT2D eigenvalue weighted by Gasteiger charge is -2.20. The van der Waals surface area contributed by atoms with E-state index >= 15 is 0 Å². The zero-order valence-corrected chi connectivity index (χ0v) is 11.5. The molecule has 92 valence electrons. The van der Waals surface area contributed by atoms with Gasteiger partial charge in [-0.1, -0.05) is 29.1 Å². The highest BCUT2D eigenvalue weighted by atomic mass is 35.5. The fourth-order valence-corrected chi connectivity index (χ4v) is 1.55. The van der Waals surface area contributed by atoms with Gasteiger partial charge in [-0.15, -0.1) is 6.42 Å². The second kappa shape index (κ2) is 5.48. The van der Waals surface area contributed by atoms with Crippen molar-refractivity contribution < 1.29 is 4.74 Å². The highest BCUT2D eigenvalue weighted by Crippen LogP contribution is 2.32. The van der Waals surface area contributed by atoms with Crippen molar-refractivity contribution in [2.45, 2.75) is 26.4 Å². The summed E-state index contributed by atoms with van der Waals surface area (Å²) in [6, 6.07) is 1.58. The van der Waals surface area contributed by atoms with Gasteiger partial charge in [-0.3, -0.25) is 0 Å². The third-order valence-electron chi connectivity index (χ3n) is 1.94. The van der Waals surface area contributed by atoms with Crippen LogP contribution in [0, 0.1) is 12.3 Å². The predicted octanol–water partition coefficient (Wildman–Crippen LogP) is 3.61. The monoisotopic (exact) mass is 272 g/mol. The van der Waals surface area contributed by atoms with Crippen LogP contribution in [0.2, 0.25) is 10.0 Å². The van der Waals surface area contributed by atoms with Crippen molar-refractivity contribution in [3.63, 3.8) is 0 Å². The molecule has 1 heterocycles. The second-order valence-electron chi connectivity index (χ2n) is 3.89. The number of halogens is 2. The van der Waals surface area contributed by atoms with E-state index in [4.69, 9.17) is 34.4 Å². The molecule has 0 amide bonds. The topological polar surface area (TPSA) is 34.1 Å². The van der Waals surface area contributed by atoms with Gasteiger partial charge < -0.3 is 10.1 Å². The predicted molar refractivity (Wildman–Crippen MR) is 72.0 cm³/mol. The van der Waals surface area contributed by atoms with Crippen LogP contribution >= 0.6 is 23.2 Å². The van der Waals surface area contributed by atoms with Crippen LogP contribution in [0.15, 0.2) is 6.07 Å². The third-order valence-corrected chi connectivity index (χ3v) is 2.50. The Labute approximate surface area is 111 Å². The summed E-state index contributed by atoms with van der Waals surface area (Å²) in [6.45, 7) is 6.16. The van der Waals surface area contributed by atoms with Crippen molar-refractivity contribution in [3.8, 4) is 18.2 Å². The summed E-state index contributed by atoms with van der Waals surface area (Å²) in [6.07, 6.45) is 5.34. The molecule has 5 heteroatoms. The van der Waals surface area contributed by atoms with Crippen molar-refractivity contribution in [2.24, 2.45) is 0 Å². The van der Waals surface area contributed by atoms with E-state index < -0.39 is 5.60 Å². The molecule has 1 aromatic rings. The molecular weight excluding hydrogens is 259 g/mol. The van der Waals surface area contributed by atoms with Crippen molar-refractivity contribution in [1.82, 2.24) is 4.98 Å². The lowest BCUT2D eigenvalue weighted by Crippen LogP contribution is -2.26. The Morgan fingerprint density at radius 3 is 2.65 bits per heavy atom. The number of rotatable bonds is 4. The van der Waals surface area contributed by atoms with Crippen molar-refractivity contribution in [3.05, 3.63) is 16.1 Å². The summed E-state index contributed by atoms with van der Waals surface area (Å²) in [5, 5.41) is 3.79. The summed E-state index contributed by atoms with van der Waals surface area (Å²) < 4.78 is 5.55. The van der Waals surface area contributed by atoms with Gasteiger partial charge in [-0.2, -0.15) is 4.98 Å². The highest BCUT2D eigenvalue weighted by Gasteiger charge is 2.20. The average molecular weight is 273 g/mol. The van der Waals surface area contributed by atoms with Gasteiger partial charge in [0.2, 0.25) is 5.88 Å². The Bertz CT molecular complexity index is 453. The van der Waals surface area contributed by atoms with E-state index in [9.17, 15) is 0 Å². The molecule has 0 fully saturated rings. The maximum absolute atomic E-state index is 6.00. The van der Waals surface area contributed by atoms with Crippen LogP contribution in [-0.4, -0.2) is 17.1 Å². The van der Waals surface area contributed by atoms with Crippen molar-refractivity contribution in [2.75, 3.05) is 11.9 Å². The van der Waals surface area contributed by atoms with Crippen molar-refractivity contribution >= 4 is 29.0 Å². The molecule has 0 unspecified atom stereocenters. The van der Waals surface area contributed by atoms with E-state index in [1.54, 1.807) is 19.9 Å². The number of ether oxygens (including phenoxy) is 1. The van der Waals surface area contributed by atoms with Crippen molar-refractivity contribution in [1.29, 1.82) is 0 Å². The number of pyridine rings is 1. The van der Waals surface area contributed by atoms with E-state index in [1.165, 1.54) is 0 Å². The first-order valence-electron chi connectivity index (χ1n) is 5.16. The molecule has 1 rings (SSSR count). The first kappa shape index (κ1) is 14.0. The first-order chi connectivity index (χ1) is 7.89. The van der Waals surface area contributed by atoms with Gasteiger partial charge in [0.25, 0.3) is 0 Å². The Morgan fingerprint density at radius 1 is 1.47 bits per heavy atom. The maximum Gasteiger partial charge on any atom is 0.236 e. The summed E-state index contributed by atoms with van der Waals surface area (Å²) in [5.41, 5.74) is -0.770. The number of nitrogens with zero attached hydrogens (tertiary/aromatic N) is 1. The van der Waals surface area contributed by atoms with Gasteiger partial charge in [0, 0.05) is 6.54 Å². The number of nitrogens with one attached hydrogen (secondary N) is 1. The molecule has 0 bridgehead atoms. The summed E-state index contributed by atoms with van der Waals surface area (Å²) in [4.78, 5) is 4.20. The number of terminal acetylenes is 1. The van der Waals surface area contributed by atoms with Gasteiger partial charge in [0.05, 0.1) is 5.02 Å². The van der Waals surface area contributed by atoms with Crippen LogP contribution in [0.3, 0.4) is 0 Å². The maximum atomic E-state index is 6.00. The van der Waals surface area contributed by atoms with Gasteiger partial charge in [-0.05, 0) is 26.8 Å². The largest absolute Gasteiger partial charge is 0.457 e. The van der Waals surface area contributed by atoms with Crippen LogP contribution in [0.1, 0.15) is 20.8 Å². The molecule has 17 heavy (non-hydrogen) atoms. The quantitative estimate of drug-likeness (QED) is 0.851. The third kappa shape index (κ3) is 3.69. The summed E-state index contributed by atoms with van der Waals surface area (Å²) >= 11 is 12.0. The zero-order valence-electron chi connectivity index (χ0n) is 9.97. The van der Waals surface area contributed by atoms with Crippen LogP contribution in [0.5, 0.6) is 5.88 Å². The molecule has 0 atom stereocenters. The molecule has 3 nitrogen and oxygen atoms in total. The lowest BCUT2D eigenvalue weighted by molar-refractivity contribution is 0.165. The molecule has 0 saturated heterocycles. The molecule has 0 aliphatic rings. The molecule has 0 aliphatic heterocycles. The SMILES string of the molecule is C#CC(C)(C)Oc1nc(NCC)c(Cl)cc1Cl. The molecule has 0 spiro atoms. The Kier molecular flexibility index (Phi) is 4.50. The standard InChI is InChI=1S/C12H14Cl2N2O/c1-5-12(3,4)17-11-9(14)7-8(13)10(16-11)15-6-2/h1,7H,6H2,2-4H3,(H,15,16). The first-order valence-corrected chi connectivity index (χ1v) is 5.92. The summed E-state index contributed by atoms with van der Waals surface area (Å²) in [7, 11) is 0. The Hall–Kier alpha value is -1.11. The van der Waals surface area contributed by atoms with Gasteiger partial charge in [-0.25, -0.2) is 0 Å². The smallest absolute Gasteiger partial charge is 0.236 e. The Balaban J connectivity index is 3.08. The fraction of sp³-hybridized carbons (Fsp3) is 0.417. The highest BCUT2D eigenvalue weighted by molar-refractivity contribution is 6.36. The van der Waals surface area contributed by atoms with Crippen LogP contribution in [0.4, 0.5) is 5.82 Å². The van der Waals surface area contributed by atoms with E-state index in [0.717, 1.165) is 0 Å². The van der Waals surface area contributed by atoms with Crippen LogP contribution < -0.4 is 10.1 Å². The molecule has 1 aromatic heterocycles. The minimum atomic E-state index is -0.770. The number of anilines is 1. The van der Waals surface area contributed by atoms with E-state index in [0.29, 0.717) is 22.4 Å². The Morgan fingerprint density at radius 2 is 2.12 bits per heavy atom. The lowest BCUT2D eigenvalue weighted by atomic mass is 10.1. The van der Waals surface area contributed by atoms with E-state index in [1.807, 2.05) is 6.92 Å². The molecule has 0 aromatic carbocycles. The molecule has 0 radical (unpaired) electrons. The minimum Gasteiger partial charge on any atom is -0.457 e. The fourth-order valence-electron chi connectivity index (χ4n) is 1.08. The molecule has 1 N–H and O–H groups in total. The normalized spacial score (nSPS) is 10.8. The number of hydrogen-bond acceptors (Lipinski definition) is 3. The average Bonchev–Trinajstić information content (AvgIpc) is 2.25. The number of aromatic nitrogens is 1. The summed E-state index contributed by atoms with van der Waals surface area (Å²) in [5.74, 6) is 3.31. The van der Waals surface area contributed by atoms with E-state index in [-0.39, 0.29) is 5.88 Å². The number of hydrogen-bond donors (Lipinski definition) is 1. The van der Waals surface area contributed by atoms with Gasteiger partial charge in [0.1, 0.15) is 10.8 Å². The van der Waals surface area contributed by atoms with Gasteiger partial charge in [0.15, 0.2) is 5.60 Å². The van der Waals surface area contributed by atoms with Crippen LogP contribution in [-0.2, 0) is 0 Å². The minimum absolute atomic E-state index is 0.273. The molecule has 0 aliphatic carbocycles.